The van der Waals surface area contributed by atoms with Crippen LogP contribution in [-0.2, 0) is 0 Å². The number of hydrogen-bond donors (Lipinski definition) is 0. The molecule has 2 heterocycles. The van der Waals surface area contributed by atoms with Gasteiger partial charge in [-0.1, -0.05) is 70.7 Å². The van der Waals surface area contributed by atoms with E-state index in [4.69, 9.17) is 75.8 Å². The van der Waals surface area contributed by atoms with Gasteiger partial charge < -0.3 is 9.47 Å². The molecule has 0 bridgehead atoms. The highest BCUT2D eigenvalue weighted by Gasteiger charge is 2.23. The standard InChI is InChI=1S/C34H18Cl4N4O2/c1-43-27-9-5-15-3-7-21-33(41-25-13-19(37)17(35)11-23(25)39-21)29(15)31(27)32-28(44-2)10-6-16-4-8-22-34(30(16)32)42-26-14-20(38)18(36)12-24(26)40-22/h3-14H,1-2H3. The Balaban J connectivity index is 1.58. The largest absolute Gasteiger partial charge is 0.496 e. The predicted octanol–water partition coefficient (Wildman–Crippen LogP) is 10.5. The molecule has 0 N–H and O–H groups in total. The average molecular weight is 656 g/mol. The molecule has 0 saturated heterocycles. The Morgan fingerprint density at radius 2 is 0.773 bits per heavy atom. The first-order valence-corrected chi connectivity index (χ1v) is 15.0. The summed E-state index contributed by atoms with van der Waals surface area (Å²) in [7, 11) is 3.29. The highest BCUT2D eigenvalue weighted by atomic mass is 35.5. The van der Waals surface area contributed by atoms with Crippen LogP contribution >= 0.6 is 46.4 Å². The van der Waals surface area contributed by atoms with Gasteiger partial charge in [0.1, 0.15) is 11.5 Å². The number of aromatic nitrogens is 4. The predicted molar refractivity (Wildman–Crippen MR) is 181 cm³/mol. The number of nitrogens with zero attached hydrogens (tertiary/aromatic N) is 4. The molecule has 8 rings (SSSR count). The van der Waals surface area contributed by atoms with Gasteiger partial charge in [0.05, 0.1) is 78.4 Å². The number of ether oxygens (including phenoxy) is 2. The van der Waals surface area contributed by atoms with Crippen molar-refractivity contribution in [2.45, 2.75) is 0 Å². The highest BCUT2D eigenvalue weighted by Crippen LogP contribution is 2.48. The van der Waals surface area contributed by atoms with Crippen LogP contribution in [0, 0.1) is 0 Å². The van der Waals surface area contributed by atoms with E-state index in [1.54, 1.807) is 38.5 Å². The number of hydrogen-bond acceptors (Lipinski definition) is 6. The maximum atomic E-state index is 6.39. The monoisotopic (exact) mass is 654 g/mol. The third kappa shape index (κ3) is 4.10. The summed E-state index contributed by atoms with van der Waals surface area (Å²) in [6.07, 6.45) is 0. The van der Waals surface area contributed by atoms with Crippen LogP contribution in [0.25, 0.3) is 76.8 Å². The Kier molecular flexibility index (Phi) is 6.33. The first kappa shape index (κ1) is 27.4. The van der Waals surface area contributed by atoms with Crippen molar-refractivity contribution in [1.82, 2.24) is 19.9 Å². The van der Waals surface area contributed by atoms with Gasteiger partial charge in [0.15, 0.2) is 0 Å². The third-order valence-corrected chi connectivity index (χ3v) is 9.31. The van der Waals surface area contributed by atoms with Crippen LogP contribution in [0.4, 0.5) is 0 Å². The lowest BCUT2D eigenvalue weighted by atomic mass is 9.90. The topological polar surface area (TPSA) is 70.0 Å². The van der Waals surface area contributed by atoms with Crippen molar-refractivity contribution in [3.63, 3.8) is 0 Å². The SMILES string of the molecule is COc1ccc2ccc3nc4cc(Cl)c(Cl)cc4nc3c2c1-c1c(OC)ccc2ccc3nc4cc(Cl)c(Cl)cc4nc3c12. The van der Waals surface area contributed by atoms with Crippen molar-refractivity contribution in [2.24, 2.45) is 0 Å². The number of methoxy groups -OCH3 is 2. The Labute approximate surface area is 270 Å². The molecule has 10 heteroatoms. The van der Waals surface area contributed by atoms with E-state index >= 15 is 0 Å². The first-order valence-electron chi connectivity index (χ1n) is 13.5. The van der Waals surface area contributed by atoms with Crippen molar-refractivity contribution in [2.75, 3.05) is 14.2 Å². The van der Waals surface area contributed by atoms with Crippen molar-refractivity contribution in [3.8, 4) is 22.6 Å². The van der Waals surface area contributed by atoms with Crippen molar-refractivity contribution >= 4 is 112 Å². The summed E-state index contributed by atoms with van der Waals surface area (Å²) in [5.74, 6) is 1.26. The molecule has 0 spiro atoms. The summed E-state index contributed by atoms with van der Waals surface area (Å²) in [5, 5.41) is 5.21. The van der Waals surface area contributed by atoms with E-state index in [1.165, 1.54) is 0 Å². The molecular weight excluding hydrogens is 638 g/mol. The fraction of sp³-hybridized carbons (Fsp3) is 0.0588. The van der Waals surface area contributed by atoms with Crippen LogP contribution < -0.4 is 9.47 Å². The van der Waals surface area contributed by atoms with E-state index in [1.807, 2.05) is 48.5 Å². The van der Waals surface area contributed by atoms with Gasteiger partial charge in [0.2, 0.25) is 0 Å². The van der Waals surface area contributed by atoms with Crippen LogP contribution in [0.2, 0.25) is 20.1 Å². The molecule has 0 atom stereocenters. The minimum atomic E-state index is 0.403. The molecule has 8 aromatic rings. The Morgan fingerprint density at radius 1 is 0.432 bits per heavy atom. The molecular formula is C34H18Cl4N4O2. The maximum Gasteiger partial charge on any atom is 0.127 e. The summed E-state index contributed by atoms with van der Waals surface area (Å²) in [6.45, 7) is 0. The summed E-state index contributed by atoms with van der Waals surface area (Å²) in [4.78, 5) is 19.9. The molecule has 0 radical (unpaired) electrons. The molecule has 0 saturated carbocycles. The molecule has 6 aromatic carbocycles. The summed E-state index contributed by atoms with van der Waals surface area (Å²) in [6, 6.07) is 22.8. The van der Waals surface area contributed by atoms with Crippen molar-refractivity contribution in [3.05, 3.63) is 92.9 Å². The molecule has 6 nitrogen and oxygen atoms in total. The second-order valence-electron chi connectivity index (χ2n) is 10.3. The van der Waals surface area contributed by atoms with Crippen LogP contribution in [0.15, 0.2) is 72.8 Å². The fourth-order valence-corrected chi connectivity index (χ4v) is 6.52. The van der Waals surface area contributed by atoms with Crippen LogP contribution in [0.5, 0.6) is 11.5 Å². The van der Waals surface area contributed by atoms with Gasteiger partial charge in [-0.2, -0.15) is 0 Å². The van der Waals surface area contributed by atoms with Gasteiger partial charge in [-0.05, 0) is 59.3 Å². The maximum absolute atomic E-state index is 6.39. The molecule has 0 amide bonds. The van der Waals surface area contributed by atoms with E-state index < -0.39 is 0 Å². The number of fused-ring (bicyclic) bond motifs is 8. The van der Waals surface area contributed by atoms with Crippen molar-refractivity contribution < 1.29 is 9.47 Å². The van der Waals surface area contributed by atoms with E-state index in [2.05, 4.69) is 0 Å². The normalized spacial score (nSPS) is 11.9. The van der Waals surface area contributed by atoms with Gasteiger partial charge >= 0.3 is 0 Å². The molecule has 0 aliphatic carbocycles. The van der Waals surface area contributed by atoms with Gasteiger partial charge in [-0.25, -0.2) is 19.9 Å². The van der Waals surface area contributed by atoms with Gasteiger partial charge in [-0.3, -0.25) is 0 Å². The van der Waals surface area contributed by atoms with E-state index in [9.17, 15) is 0 Å². The van der Waals surface area contributed by atoms with Crippen LogP contribution in [-0.4, -0.2) is 34.2 Å². The van der Waals surface area contributed by atoms with E-state index in [-0.39, 0.29) is 0 Å². The molecule has 44 heavy (non-hydrogen) atoms. The second-order valence-corrected chi connectivity index (χ2v) is 11.9. The summed E-state index contributed by atoms with van der Waals surface area (Å²) in [5.41, 5.74) is 6.85. The summed E-state index contributed by atoms with van der Waals surface area (Å²) >= 11 is 25.4. The average Bonchev–Trinajstić information content (AvgIpc) is 3.03. The quantitative estimate of drug-likeness (QED) is 0.139. The zero-order valence-corrected chi connectivity index (χ0v) is 26.1. The van der Waals surface area contributed by atoms with E-state index in [0.717, 1.165) is 32.7 Å². The first-order chi connectivity index (χ1) is 21.3. The lowest BCUT2D eigenvalue weighted by Crippen LogP contribution is -1.98. The Morgan fingerprint density at radius 3 is 1.14 bits per heavy atom. The zero-order valence-electron chi connectivity index (χ0n) is 23.0. The fourth-order valence-electron chi connectivity index (χ4n) is 5.89. The van der Waals surface area contributed by atoms with E-state index in [0.29, 0.717) is 75.7 Å². The van der Waals surface area contributed by atoms with Crippen LogP contribution in [0.1, 0.15) is 0 Å². The lowest BCUT2D eigenvalue weighted by Gasteiger charge is -2.19. The number of rotatable bonds is 3. The molecule has 0 aliphatic heterocycles. The van der Waals surface area contributed by atoms with Gasteiger partial charge in [-0.15, -0.1) is 0 Å². The zero-order chi connectivity index (χ0) is 30.3. The minimum absolute atomic E-state index is 0.403. The molecule has 0 aliphatic rings. The summed E-state index contributed by atoms with van der Waals surface area (Å²) < 4.78 is 12.1. The second kappa shape index (κ2) is 10.2. The highest BCUT2D eigenvalue weighted by molar-refractivity contribution is 6.43. The number of halogens is 4. The molecule has 214 valence electrons. The van der Waals surface area contributed by atoms with Crippen LogP contribution in [0.3, 0.4) is 0 Å². The molecule has 0 fully saturated rings. The minimum Gasteiger partial charge on any atom is -0.496 e. The molecule has 0 unspecified atom stereocenters. The smallest absolute Gasteiger partial charge is 0.127 e. The lowest BCUT2D eigenvalue weighted by molar-refractivity contribution is 0.411. The van der Waals surface area contributed by atoms with Gasteiger partial charge in [0.25, 0.3) is 0 Å². The third-order valence-electron chi connectivity index (χ3n) is 7.87. The van der Waals surface area contributed by atoms with Crippen molar-refractivity contribution in [1.29, 1.82) is 0 Å². The van der Waals surface area contributed by atoms with Gasteiger partial charge in [0, 0.05) is 21.9 Å². The Hall–Kier alpha value is -4.20. The Bertz CT molecular complexity index is 2360. The molecule has 2 aromatic heterocycles. The number of benzene rings is 6.